The zero-order valence-electron chi connectivity index (χ0n) is 27.8. The third-order valence-corrected chi connectivity index (χ3v) is 9.62. The van der Waals surface area contributed by atoms with E-state index in [0.717, 1.165) is 24.8 Å². The van der Waals surface area contributed by atoms with Crippen LogP contribution in [0.4, 0.5) is 28.4 Å². The summed E-state index contributed by atoms with van der Waals surface area (Å²) in [7, 11) is 0. The van der Waals surface area contributed by atoms with E-state index in [1.807, 2.05) is 72.8 Å². The molecule has 6 rings (SSSR count). The normalized spacial score (nSPS) is 19.0. The third-order valence-electron chi connectivity index (χ3n) is 9.62. The summed E-state index contributed by atoms with van der Waals surface area (Å²) in [5.74, 6) is -1.43. The van der Waals surface area contributed by atoms with Crippen LogP contribution < -0.4 is 14.7 Å². The average Bonchev–Trinajstić information content (AvgIpc) is 3.71. The van der Waals surface area contributed by atoms with Gasteiger partial charge in [0.25, 0.3) is 5.91 Å². The monoisotopic (exact) mass is 672 g/mol. The van der Waals surface area contributed by atoms with Crippen LogP contribution in [0.1, 0.15) is 37.3 Å². The van der Waals surface area contributed by atoms with Gasteiger partial charge in [-0.05, 0) is 73.0 Å². The molecular weight excluding hydrogens is 632 g/mol. The maximum absolute atomic E-state index is 14.4. The molecule has 0 bridgehead atoms. The largest absolute Gasteiger partial charge is 0.394 e. The van der Waals surface area contributed by atoms with Crippen LogP contribution in [-0.2, 0) is 31.3 Å². The number of fused-ring (bicyclic) bond motifs is 1. The van der Waals surface area contributed by atoms with Gasteiger partial charge in [0.15, 0.2) is 5.60 Å². The molecule has 1 fully saturated rings. The quantitative estimate of drug-likeness (QED) is 0.141. The van der Waals surface area contributed by atoms with Crippen molar-refractivity contribution in [2.45, 2.75) is 44.4 Å². The molecule has 0 aliphatic carbocycles. The van der Waals surface area contributed by atoms with Gasteiger partial charge in [0, 0.05) is 47.2 Å². The van der Waals surface area contributed by atoms with E-state index in [-0.39, 0.29) is 31.5 Å². The fourth-order valence-electron chi connectivity index (χ4n) is 6.93. The number of hydrogen-bond acceptors (Lipinski definition) is 6. The molecule has 10 nitrogen and oxygen atoms in total. The van der Waals surface area contributed by atoms with E-state index in [2.05, 4.69) is 0 Å². The summed E-state index contributed by atoms with van der Waals surface area (Å²) in [4.78, 5) is 58.0. The number of para-hydroxylation sites is 2. The predicted octanol–water partition coefficient (Wildman–Crippen LogP) is 5.58. The van der Waals surface area contributed by atoms with E-state index < -0.39 is 17.4 Å². The molecule has 2 heterocycles. The van der Waals surface area contributed by atoms with Gasteiger partial charge >= 0.3 is 0 Å². The summed E-state index contributed by atoms with van der Waals surface area (Å²) in [5.41, 5.74) is 1.94. The first-order valence-electron chi connectivity index (χ1n) is 16.7. The molecule has 0 aromatic heterocycles. The first-order valence-corrected chi connectivity index (χ1v) is 16.7. The van der Waals surface area contributed by atoms with Crippen molar-refractivity contribution in [1.82, 2.24) is 4.90 Å². The van der Waals surface area contributed by atoms with Gasteiger partial charge in [-0.3, -0.25) is 29.0 Å². The number of carbonyl (C=O) groups is 4. The molecule has 0 saturated carbocycles. The van der Waals surface area contributed by atoms with Crippen molar-refractivity contribution in [2.24, 2.45) is 5.92 Å². The molecular formula is C40H40N4O6. The highest BCUT2D eigenvalue weighted by molar-refractivity contribution is 6.08. The van der Waals surface area contributed by atoms with Gasteiger partial charge in [0.2, 0.25) is 18.7 Å². The SMILES string of the molecule is C[C@@H](/C=C/CC(=O)N1CCC[C@H]1CO)[C@]1(O)C(=O)N(Cc2cccc(N(C=O)c3ccccc3)c2)c2ccc(N(C=O)c3ccccc3)cc21. The van der Waals surface area contributed by atoms with Crippen LogP contribution in [0.15, 0.2) is 115 Å². The van der Waals surface area contributed by atoms with Crippen LogP contribution in [0.3, 0.4) is 0 Å². The molecule has 0 spiro atoms. The first-order chi connectivity index (χ1) is 24.3. The molecule has 2 aliphatic rings. The Morgan fingerprint density at radius 3 is 2.12 bits per heavy atom. The number of aliphatic hydroxyl groups excluding tert-OH is 1. The zero-order chi connectivity index (χ0) is 35.3. The van der Waals surface area contributed by atoms with Gasteiger partial charge in [-0.25, -0.2) is 0 Å². The highest BCUT2D eigenvalue weighted by Crippen LogP contribution is 2.48. The number of hydrogen-bond donors (Lipinski definition) is 2. The number of amides is 4. The standard InChI is InChI=1S/C40H40N4O6/c1-29(11-8-19-38(48)41-22-10-18-35(41)26-45)40(50)36-24-34(44(28-47)32-15-6-3-7-16-32)20-21-37(36)42(39(40)49)25-30-12-9-17-33(23-30)43(27-46)31-13-4-2-5-14-31/h2-9,11-17,20-21,23-24,27-29,35,45,50H,10,18-19,22,25-26H2,1H3/b11-8+/t29-,35-,40+/m0/s1. The summed E-state index contributed by atoms with van der Waals surface area (Å²) in [6.07, 6.45) is 6.43. The van der Waals surface area contributed by atoms with Crippen LogP contribution >= 0.6 is 0 Å². The van der Waals surface area contributed by atoms with Gasteiger partial charge < -0.3 is 20.0 Å². The van der Waals surface area contributed by atoms with Crippen LogP contribution in [0, 0.1) is 5.92 Å². The summed E-state index contributed by atoms with van der Waals surface area (Å²) in [6.45, 7) is 2.33. The summed E-state index contributed by atoms with van der Waals surface area (Å²) in [5, 5.41) is 22.1. The molecule has 2 aliphatic heterocycles. The van der Waals surface area contributed by atoms with E-state index in [1.165, 1.54) is 14.7 Å². The number of nitrogens with zero attached hydrogens (tertiary/aromatic N) is 4. The number of rotatable bonds is 13. The van der Waals surface area contributed by atoms with Crippen LogP contribution in [0.5, 0.6) is 0 Å². The lowest BCUT2D eigenvalue weighted by Crippen LogP contribution is -2.44. The van der Waals surface area contributed by atoms with Gasteiger partial charge in [0.05, 0.1) is 24.9 Å². The lowest BCUT2D eigenvalue weighted by Gasteiger charge is -2.28. The Hall–Kier alpha value is -5.58. The Bertz CT molecular complexity index is 1880. The topological polar surface area (TPSA) is 122 Å². The number of carbonyl (C=O) groups excluding carboxylic acids is 4. The molecule has 1 saturated heterocycles. The minimum Gasteiger partial charge on any atom is -0.394 e. The van der Waals surface area contributed by atoms with Gasteiger partial charge in [0.1, 0.15) is 0 Å². The van der Waals surface area contributed by atoms with Crippen LogP contribution in [0.2, 0.25) is 0 Å². The Kier molecular flexibility index (Phi) is 10.2. The van der Waals surface area contributed by atoms with Crippen molar-refractivity contribution in [2.75, 3.05) is 27.9 Å². The number of anilines is 5. The molecule has 50 heavy (non-hydrogen) atoms. The number of likely N-dealkylation sites (tertiary alicyclic amines) is 1. The molecule has 4 aromatic rings. The van der Waals surface area contributed by atoms with Crippen LogP contribution in [0.25, 0.3) is 0 Å². The fraction of sp³-hybridized carbons (Fsp3) is 0.250. The average molecular weight is 673 g/mol. The third kappa shape index (κ3) is 6.55. The number of benzene rings is 4. The second-order valence-corrected chi connectivity index (χ2v) is 12.6. The van der Waals surface area contributed by atoms with Gasteiger partial charge in [-0.15, -0.1) is 0 Å². The second kappa shape index (κ2) is 14.9. The van der Waals surface area contributed by atoms with E-state index in [4.69, 9.17) is 0 Å². The molecule has 0 radical (unpaired) electrons. The van der Waals surface area contributed by atoms with Crippen LogP contribution in [-0.4, -0.2) is 58.9 Å². The second-order valence-electron chi connectivity index (χ2n) is 12.6. The van der Waals surface area contributed by atoms with Gasteiger partial charge in [-0.1, -0.05) is 67.6 Å². The molecule has 3 atom stereocenters. The number of aliphatic hydroxyl groups is 2. The highest BCUT2D eigenvalue weighted by atomic mass is 16.3. The molecule has 0 unspecified atom stereocenters. The highest BCUT2D eigenvalue weighted by Gasteiger charge is 2.52. The maximum Gasteiger partial charge on any atom is 0.264 e. The first kappa shape index (κ1) is 34.3. The minimum atomic E-state index is -2.02. The lowest BCUT2D eigenvalue weighted by atomic mass is 9.82. The smallest absolute Gasteiger partial charge is 0.264 e. The van der Waals surface area contributed by atoms with Crippen molar-refractivity contribution in [3.05, 3.63) is 126 Å². The summed E-state index contributed by atoms with van der Waals surface area (Å²) in [6, 6.07) is 30.5. The van der Waals surface area contributed by atoms with E-state index in [1.54, 1.807) is 54.3 Å². The zero-order valence-corrected chi connectivity index (χ0v) is 27.8. The molecule has 4 aromatic carbocycles. The van der Waals surface area contributed by atoms with E-state index in [9.17, 15) is 29.4 Å². The Morgan fingerprint density at radius 2 is 1.50 bits per heavy atom. The van der Waals surface area contributed by atoms with Crippen molar-refractivity contribution >= 4 is 53.1 Å². The predicted molar refractivity (Wildman–Crippen MR) is 192 cm³/mol. The summed E-state index contributed by atoms with van der Waals surface area (Å²) < 4.78 is 0. The fourth-order valence-corrected chi connectivity index (χ4v) is 6.93. The maximum atomic E-state index is 14.4. The van der Waals surface area contributed by atoms with Gasteiger partial charge in [-0.2, -0.15) is 0 Å². The van der Waals surface area contributed by atoms with Crippen molar-refractivity contribution in [1.29, 1.82) is 0 Å². The lowest BCUT2D eigenvalue weighted by molar-refractivity contribution is -0.139. The molecule has 10 heteroatoms. The van der Waals surface area contributed by atoms with Crippen molar-refractivity contribution in [3.8, 4) is 0 Å². The van der Waals surface area contributed by atoms with Crippen molar-refractivity contribution < 1.29 is 29.4 Å². The molecule has 4 amide bonds. The van der Waals surface area contributed by atoms with Crippen molar-refractivity contribution in [3.63, 3.8) is 0 Å². The molecule has 2 N–H and O–H groups in total. The Morgan fingerprint density at radius 1 is 0.880 bits per heavy atom. The van der Waals surface area contributed by atoms with E-state index >= 15 is 0 Å². The minimum absolute atomic E-state index is 0.0656. The Balaban J connectivity index is 1.34. The van der Waals surface area contributed by atoms with E-state index in [0.29, 0.717) is 47.0 Å². The summed E-state index contributed by atoms with van der Waals surface area (Å²) >= 11 is 0. The Labute approximate surface area is 291 Å². The molecule has 256 valence electrons.